The number of hydrogen-bond donors (Lipinski definition) is 3. The van der Waals surface area contributed by atoms with Gasteiger partial charge < -0.3 is 29.7 Å². The highest BCUT2D eigenvalue weighted by Crippen LogP contribution is 2.43. The maximum atomic E-state index is 13.4. The molecule has 0 aliphatic carbocycles. The number of carbonyl (C=O) groups is 5. The summed E-state index contributed by atoms with van der Waals surface area (Å²) in [5, 5.41) is 27.5. The molecule has 1 fully saturated rings. The third-order valence-electron chi connectivity index (χ3n) is 12.1. The van der Waals surface area contributed by atoms with E-state index in [2.05, 4.69) is 50.2 Å². The number of aromatic nitrogens is 3. The maximum absolute atomic E-state index is 13.4. The minimum Gasteiger partial charge on any atom is -0.493 e. The van der Waals surface area contributed by atoms with E-state index < -0.39 is 18.0 Å². The Morgan fingerprint density at radius 2 is 1.62 bits per heavy atom. The first-order valence-electron chi connectivity index (χ1n) is 22.3. The van der Waals surface area contributed by atoms with Gasteiger partial charge in [0.2, 0.25) is 23.5 Å². The van der Waals surface area contributed by atoms with Gasteiger partial charge in [0.25, 0.3) is 11.8 Å². The van der Waals surface area contributed by atoms with Gasteiger partial charge in [-0.3, -0.25) is 38.8 Å². The van der Waals surface area contributed by atoms with Crippen LogP contribution in [0.4, 0.5) is 11.4 Å². The van der Waals surface area contributed by atoms with Gasteiger partial charge in [0.05, 0.1) is 37.7 Å². The van der Waals surface area contributed by atoms with Crippen LogP contribution in [0.15, 0.2) is 69.8 Å². The molecule has 68 heavy (non-hydrogen) atoms. The second-order valence-electron chi connectivity index (χ2n) is 16.6. The number of aryl methyl sites for hydroxylation is 2. The van der Waals surface area contributed by atoms with Crippen LogP contribution in [-0.2, 0) is 25.7 Å². The fourth-order valence-corrected chi connectivity index (χ4v) is 9.81. The molecular weight excluding hydrogens is 912 g/mol. The Kier molecular flexibility index (Phi) is 14.6. The lowest BCUT2D eigenvalue weighted by atomic mass is 9.99. The standard InChI is InChI=1S/C48H51ClN10O8S/c1-26-27(2)68-48-42(26)43(29-13-15-30(49)16-14-29)52-35(45-57-54-28(3)59(45)48)23-40(61)50-19-8-6-7-9-20-51-41(62)25-67-44-37(65-4)21-31(22-38(44)66-5)55-56-34-12-10-11-32-33(34)24-58(47(32)64)36-17-18-39(60)53-46(36)63/h10-16,21-22,35-36H,6-9,17-20,23-25H2,1-5H3,(H,50,61)(H,51,62)(H,53,60,63). The van der Waals surface area contributed by atoms with Gasteiger partial charge in [0.15, 0.2) is 23.9 Å². The number of carbonyl (C=O) groups excluding carboxylic acids is 5. The van der Waals surface area contributed by atoms with E-state index in [0.29, 0.717) is 46.4 Å². The monoisotopic (exact) mass is 962 g/mol. The van der Waals surface area contributed by atoms with Crippen molar-refractivity contribution in [3.63, 3.8) is 0 Å². The van der Waals surface area contributed by atoms with Gasteiger partial charge in [-0.05, 0) is 69.9 Å². The van der Waals surface area contributed by atoms with Crippen LogP contribution < -0.4 is 30.2 Å². The number of fused-ring (bicyclic) bond motifs is 4. The summed E-state index contributed by atoms with van der Waals surface area (Å²) >= 11 is 7.90. The molecule has 18 nitrogen and oxygen atoms in total. The van der Waals surface area contributed by atoms with E-state index in [4.69, 9.17) is 30.8 Å². The first kappa shape index (κ1) is 47.5. The van der Waals surface area contributed by atoms with E-state index in [1.807, 2.05) is 35.8 Å². The summed E-state index contributed by atoms with van der Waals surface area (Å²) in [7, 11) is 2.90. The molecule has 5 aromatic rings. The van der Waals surface area contributed by atoms with Crippen molar-refractivity contribution in [3.8, 4) is 22.2 Å². The van der Waals surface area contributed by atoms with Crippen LogP contribution in [0.25, 0.3) is 5.00 Å². The summed E-state index contributed by atoms with van der Waals surface area (Å²) in [5.41, 5.74) is 5.68. The van der Waals surface area contributed by atoms with Crippen LogP contribution in [0.1, 0.15) is 100 Å². The Labute approximate surface area is 401 Å². The molecule has 3 aliphatic heterocycles. The molecule has 354 valence electrons. The molecule has 0 bridgehead atoms. The summed E-state index contributed by atoms with van der Waals surface area (Å²) in [6.07, 6.45) is 3.71. The number of amides is 5. The van der Waals surface area contributed by atoms with Crippen molar-refractivity contribution in [1.82, 2.24) is 35.6 Å². The quantitative estimate of drug-likeness (QED) is 0.0453. The molecule has 3 aromatic carbocycles. The second-order valence-corrected chi connectivity index (χ2v) is 18.2. The molecule has 0 saturated carbocycles. The number of unbranched alkanes of at least 4 members (excludes halogenated alkanes) is 3. The number of thiophene rings is 1. The topological polar surface area (TPSA) is 220 Å². The van der Waals surface area contributed by atoms with Crippen molar-refractivity contribution in [2.24, 2.45) is 15.2 Å². The zero-order chi connectivity index (χ0) is 48.1. The third-order valence-corrected chi connectivity index (χ3v) is 13.6. The Bertz CT molecular complexity index is 2810. The molecule has 3 aliphatic rings. The lowest BCUT2D eigenvalue weighted by Crippen LogP contribution is -2.52. The smallest absolute Gasteiger partial charge is 0.257 e. The van der Waals surface area contributed by atoms with Crippen LogP contribution in [0.2, 0.25) is 5.02 Å². The van der Waals surface area contributed by atoms with Crippen LogP contribution in [0, 0.1) is 20.8 Å². The normalized spacial score (nSPS) is 16.4. The summed E-state index contributed by atoms with van der Waals surface area (Å²) in [4.78, 5) is 71.4. The van der Waals surface area contributed by atoms with Gasteiger partial charge in [0.1, 0.15) is 22.9 Å². The van der Waals surface area contributed by atoms with Crippen molar-refractivity contribution in [3.05, 3.63) is 104 Å². The fraction of sp³-hybridized carbons (Fsp3) is 0.375. The van der Waals surface area contributed by atoms with Gasteiger partial charge >= 0.3 is 0 Å². The van der Waals surface area contributed by atoms with Crippen molar-refractivity contribution < 1.29 is 38.2 Å². The number of imide groups is 1. The Morgan fingerprint density at radius 1 is 0.912 bits per heavy atom. The highest BCUT2D eigenvalue weighted by atomic mass is 35.5. The predicted octanol–water partition coefficient (Wildman–Crippen LogP) is 7.26. The lowest BCUT2D eigenvalue weighted by molar-refractivity contribution is -0.137. The Hall–Kier alpha value is -6.99. The van der Waals surface area contributed by atoms with Crippen LogP contribution in [0.5, 0.6) is 17.2 Å². The minimum atomic E-state index is -0.753. The molecule has 1 saturated heterocycles. The Balaban J connectivity index is 0.785. The summed E-state index contributed by atoms with van der Waals surface area (Å²) in [5.74, 6) is 0.484. The molecule has 3 N–H and O–H groups in total. The van der Waals surface area contributed by atoms with E-state index >= 15 is 0 Å². The number of benzene rings is 3. The van der Waals surface area contributed by atoms with Crippen LogP contribution >= 0.6 is 22.9 Å². The summed E-state index contributed by atoms with van der Waals surface area (Å²) in [6.45, 7) is 6.90. The second kappa shape index (κ2) is 20.9. The van der Waals surface area contributed by atoms with E-state index in [0.717, 1.165) is 58.9 Å². The molecule has 0 spiro atoms. The van der Waals surface area contributed by atoms with Crippen molar-refractivity contribution in [2.45, 2.75) is 84.3 Å². The minimum absolute atomic E-state index is 0.110. The number of azo groups is 1. The number of aliphatic imine (C=N–C) groups is 1. The summed E-state index contributed by atoms with van der Waals surface area (Å²) < 4.78 is 19.0. The lowest BCUT2D eigenvalue weighted by Gasteiger charge is -2.29. The first-order chi connectivity index (χ1) is 32.8. The zero-order valence-corrected chi connectivity index (χ0v) is 39.9. The predicted molar refractivity (Wildman–Crippen MR) is 254 cm³/mol. The summed E-state index contributed by atoms with van der Waals surface area (Å²) in [6, 6.07) is 14.5. The molecule has 5 heterocycles. The molecule has 2 aromatic heterocycles. The molecule has 5 amide bonds. The molecule has 0 radical (unpaired) electrons. The zero-order valence-electron chi connectivity index (χ0n) is 38.3. The third kappa shape index (κ3) is 10.1. The van der Waals surface area contributed by atoms with Crippen molar-refractivity contribution in [1.29, 1.82) is 0 Å². The number of methoxy groups -OCH3 is 2. The molecule has 20 heteroatoms. The average Bonchev–Trinajstić information content (AvgIpc) is 3.94. The number of halogens is 1. The van der Waals surface area contributed by atoms with Gasteiger partial charge in [-0.25, -0.2) is 0 Å². The number of hydrogen-bond acceptors (Lipinski definition) is 14. The number of rotatable bonds is 18. The van der Waals surface area contributed by atoms with Crippen LogP contribution in [-0.4, -0.2) is 94.9 Å². The average molecular weight is 964 g/mol. The van der Waals surface area contributed by atoms with Gasteiger partial charge in [-0.15, -0.1) is 21.5 Å². The highest BCUT2D eigenvalue weighted by Gasteiger charge is 2.40. The van der Waals surface area contributed by atoms with E-state index in [-0.39, 0.29) is 73.3 Å². The van der Waals surface area contributed by atoms with Crippen molar-refractivity contribution in [2.75, 3.05) is 33.9 Å². The van der Waals surface area contributed by atoms with Gasteiger partial charge in [-0.1, -0.05) is 42.6 Å². The number of piperidine rings is 1. The van der Waals surface area contributed by atoms with Gasteiger partial charge in [0, 0.05) is 70.3 Å². The van der Waals surface area contributed by atoms with Crippen molar-refractivity contribution >= 4 is 69.6 Å². The highest BCUT2D eigenvalue weighted by molar-refractivity contribution is 7.15. The SMILES string of the molecule is COc1cc(N=Nc2cccc3c2CN(C2CCC(=O)NC2=O)C3=O)cc(OC)c1OCC(=O)NCCCCCCNC(=O)CC1N=C(c2ccc(Cl)cc2)c2c(sc(C)c2C)-n2c(C)nnc21. The van der Waals surface area contributed by atoms with E-state index in [1.165, 1.54) is 24.0 Å². The van der Waals surface area contributed by atoms with Gasteiger partial charge in [-0.2, -0.15) is 10.2 Å². The Morgan fingerprint density at radius 3 is 2.31 bits per heavy atom. The fourth-order valence-electron chi connectivity index (χ4n) is 8.47. The number of nitrogens with zero attached hydrogens (tertiary/aromatic N) is 7. The molecule has 2 unspecified atom stereocenters. The largest absolute Gasteiger partial charge is 0.493 e. The van der Waals surface area contributed by atoms with E-state index in [9.17, 15) is 24.0 Å². The van der Waals surface area contributed by atoms with E-state index in [1.54, 1.807) is 41.7 Å². The van der Waals surface area contributed by atoms with Crippen LogP contribution in [0.3, 0.4) is 0 Å². The molecular formula is C48H51ClN10O8S. The number of ether oxygens (including phenoxy) is 3. The maximum Gasteiger partial charge on any atom is 0.257 e. The first-order valence-corrected chi connectivity index (χ1v) is 23.5. The number of nitrogens with one attached hydrogen (secondary N) is 3. The molecule has 2 atom stereocenters. The molecule has 8 rings (SSSR count).